The molecule has 0 aliphatic rings. The van der Waals surface area contributed by atoms with E-state index < -0.39 is 5.69 Å². The van der Waals surface area contributed by atoms with E-state index in [1.54, 1.807) is 18.2 Å². The number of aryl methyl sites for hydroxylation is 3. The predicted molar refractivity (Wildman–Crippen MR) is 112 cm³/mol. The molecule has 4 rings (SSSR count). The summed E-state index contributed by atoms with van der Waals surface area (Å²) in [5.74, 6) is 0.637. The Balaban J connectivity index is 1.62. The highest BCUT2D eigenvalue weighted by Gasteiger charge is 2.15. The van der Waals surface area contributed by atoms with Crippen molar-refractivity contribution in [3.05, 3.63) is 75.7 Å². The number of nitrogens with one attached hydrogen (secondary N) is 2. The number of aromatic nitrogens is 4. The summed E-state index contributed by atoms with van der Waals surface area (Å²) in [6, 6.07) is 11.2. The standard InChI is InChI=1S/C21H22N6O3/c1-13-7-14(2)9-16(8-13)24-20-23-15(3)10-18-25-26(21(29)27(18)20)12-19(28)22-11-17-5-4-6-30-17/h4-10H,11-12H2,1-3H3,(H,22,28)(H,23,24). The summed E-state index contributed by atoms with van der Waals surface area (Å²) in [6.45, 7) is 5.87. The molecule has 0 saturated heterocycles. The molecule has 0 bridgehead atoms. The summed E-state index contributed by atoms with van der Waals surface area (Å²) in [7, 11) is 0. The van der Waals surface area contributed by atoms with E-state index in [4.69, 9.17) is 4.42 Å². The first-order valence-electron chi connectivity index (χ1n) is 9.50. The molecule has 30 heavy (non-hydrogen) atoms. The lowest BCUT2D eigenvalue weighted by atomic mass is 10.1. The van der Waals surface area contributed by atoms with Crippen LogP contribution in [-0.2, 0) is 17.9 Å². The number of carbonyl (C=O) groups excluding carboxylic acids is 1. The summed E-state index contributed by atoms with van der Waals surface area (Å²) >= 11 is 0. The number of hydrogen-bond donors (Lipinski definition) is 2. The lowest BCUT2D eigenvalue weighted by Gasteiger charge is -2.09. The third-order valence-corrected chi connectivity index (χ3v) is 4.51. The second-order valence-electron chi connectivity index (χ2n) is 7.21. The Morgan fingerprint density at radius 1 is 1.13 bits per heavy atom. The van der Waals surface area contributed by atoms with Gasteiger partial charge in [0.15, 0.2) is 5.65 Å². The maximum Gasteiger partial charge on any atom is 0.353 e. The molecule has 0 saturated carbocycles. The zero-order valence-electron chi connectivity index (χ0n) is 17.0. The minimum atomic E-state index is -0.447. The molecule has 9 nitrogen and oxygen atoms in total. The molecule has 9 heteroatoms. The highest BCUT2D eigenvalue weighted by atomic mass is 16.3. The zero-order chi connectivity index (χ0) is 21.3. The number of hydrogen-bond acceptors (Lipinski definition) is 6. The molecule has 0 aliphatic heterocycles. The SMILES string of the molecule is Cc1cc(C)cc(Nc2nc(C)cc3nn(CC(=O)NCc4ccco4)c(=O)n23)c1. The lowest BCUT2D eigenvalue weighted by Crippen LogP contribution is -2.32. The summed E-state index contributed by atoms with van der Waals surface area (Å²) in [5.41, 5.74) is 3.68. The molecule has 3 heterocycles. The summed E-state index contributed by atoms with van der Waals surface area (Å²) < 4.78 is 7.68. The van der Waals surface area contributed by atoms with Gasteiger partial charge < -0.3 is 15.1 Å². The van der Waals surface area contributed by atoms with Gasteiger partial charge in [0.1, 0.15) is 12.3 Å². The van der Waals surface area contributed by atoms with Gasteiger partial charge in [-0.2, -0.15) is 0 Å². The van der Waals surface area contributed by atoms with Gasteiger partial charge in [0.05, 0.1) is 12.8 Å². The van der Waals surface area contributed by atoms with Gasteiger partial charge in [-0.15, -0.1) is 5.10 Å². The normalized spacial score (nSPS) is 11.0. The van der Waals surface area contributed by atoms with Crippen LogP contribution in [0.5, 0.6) is 0 Å². The first-order valence-corrected chi connectivity index (χ1v) is 9.50. The lowest BCUT2D eigenvalue weighted by molar-refractivity contribution is -0.122. The zero-order valence-corrected chi connectivity index (χ0v) is 17.0. The van der Waals surface area contributed by atoms with Gasteiger partial charge in [-0.25, -0.2) is 18.9 Å². The fourth-order valence-corrected chi connectivity index (χ4v) is 3.31. The van der Waals surface area contributed by atoms with Crippen LogP contribution in [0.4, 0.5) is 11.6 Å². The first-order chi connectivity index (χ1) is 14.4. The first kappa shape index (κ1) is 19.4. The van der Waals surface area contributed by atoms with Crippen molar-refractivity contribution in [1.82, 2.24) is 24.5 Å². The third-order valence-electron chi connectivity index (χ3n) is 4.51. The van der Waals surface area contributed by atoms with E-state index in [-0.39, 0.29) is 19.0 Å². The molecule has 0 unspecified atom stereocenters. The predicted octanol–water partition coefficient (Wildman–Crippen LogP) is 2.47. The van der Waals surface area contributed by atoms with Crippen molar-refractivity contribution >= 4 is 23.2 Å². The summed E-state index contributed by atoms with van der Waals surface area (Å²) in [4.78, 5) is 29.7. The van der Waals surface area contributed by atoms with Crippen LogP contribution in [0.2, 0.25) is 0 Å². The molecule has 0 spiro atoms. The van der Waals surface area contributed by atoms with Crippen LogP contribution in [0, 0.1) is 20.8 Å². The molecule has 154 valence electrons. The van der Waals surface area contributed by atoms with Crippen LogP contribution in [-0.4, -0.2) is 25.1 Å². The molecule has 0 atom stereocenters. The number of carbonyl (C=O) groups is 1. The summed E-state index contributed by atoms with van der Waals surface area (Å²) in [5, 5.41) is 10.2. The Labute approximate surface area is 172 Å². The fourth-order valence-electron chi connectivity index (χ4n) is 3.31. The van der Waals surface area contributed by atoms with Gasteiger partial charge in [-0.1, -0.05) is 6.07 Å². The van der Waals surface area contributed by atoms with Gasteiger partial charge in [0, 0.05) is 17.4 Å². The maximum absolute atomic E-state index is 12.9. The van der Waals surface area contributed by atoms with Crippen molar-refractivity contribution in [2.75, 3.05) is 5.32 Å². The Kier molecular flexibility index (Phi) is 5.09. The third kappa shape index (κ3) is 4.09. The number of anilines is 2. The van der Waals surface area contributed by atoms with Gasteiger partial charge >= 0.3 is 5.69 Å². The largest absolute Gasteiger partial charge is 0.467 e. The van der Waals surface area contributed by atoms with Crippen LogP contribution >= 0.6 is 0 Å². The number of amides is 1. The second kappa shape index (κ2) is 7.86. The minimum Gasteiger partial charge on any atom is -0.467 e. The molecule has 0 radical (unpaired) electrons. The summed E-state index contributed by atoms with van der Waals surface area (Å²) in [6.07, 6.45) is 1.54. The van der Waals surface area contributed by atoms with Gasteiger partial charge in [0.25, 0.3) is 0 Å². The van der Waals surface area contributed by atoms with E-state index in [0.717, 1.165) is 21.5 Å². The maximum atomic E-state index is 12.9. The van der Waals surface area contributed by atoms with Crippen molar-refractivity contribution < 1.29 is 9.21 Å². The molecule has 1 aromatic carbocycles. The molecule has 3 aromatic heterocycles. The van der Waals surface area contributed by atoms with Crippen LogP contribution in [0.25, 0.3) is 5.65 Å². The molecule has 2 N–H and O–H groups in total. The highest BCUT2D eigenvalue weighted by molar-refractivity contribution is 5.75. The molecule has 4 aromatic rings. The monoisotopic (exact) mass is 406 g/mol. The van der Waals surface area contributed by atoms with Crippen molar-refractivity contribution in [2.45, 2.75) is 33.9 Å². The van der Waals surface area contributed by atoms with Crippen LogP contribution in [0.3, 0.4) is 0 Å². The number of benzene rings is 1. The fraction of sp³-hybridized carbons (Fsp3) is 0.238. The average molecular weight is 406 g/mol. The molecular formula is C21H22N6O3. The van der Waals surface area contributed by atoms with E-state index in [2.05, 4.69) is 26.8 Å². The van der Waals surface area contributed by atoms with Crippen LogP contribution < -0.4 is 16.3 Å². The number of fused-ring (bicyclic) bond motifs is 1. The van der Waals surface area contributed by atoms with Crippen molar-refractivity contribution in [3.63, 3.8) is 0 Å². The van der Waals surface area contributed by atoms with Crippen LogP contribution in [0.1, 0.15) is 22.6 Å². The van der Waals surface area contributed by atoms with Crippen molar-refractivity contribution in [1.29, 1.82) is 0 Å². The minimum absolute atomic E-state index is 0.205. The van der Waals surface area contributed by atoms with Crippen molar-refractivity contribution in [3.8, 4) is 0 Å². The quantitative estimate of drug-likeness (QED) is 0.509. The van der Waals surface area contributed by atoms with E-state index >= 15 is 0 Å². The topological polar surface area (TPSA) is 106 Å². The number of furan rings is 1. The van der Waals surface area contributed by atoms with E-state index in [1.165, 1.54) is 10.7 Å². The van der Waals surface area contributed by atoms with Gasteiger partial charge in [-0.05, 0) is 56.2 Å². The molecular weight excluding hydrogens is 384 g/mol. The number of nitrogens with zero attached hydrogens (tertiary/aromatic N) is 4. The van der Waals surface area contributed by atoms with E-state index in [1.807, 2.05) is 32.9 Å². The Hall–Kier alpha value is -3.88. The van der Waals surface area contributed by atoms with Crippen LogP contribution in [0.15, 0.2) is 51.9 Å². The molecule has 0 aliphatic carbocycles. The average Bonchev–Trinajstić information content (AvgIpc) is 3.27. The van der Waals surface area contributed by atoms with Crippen molar-refractivity contribution in [2.24, 2.45) is 0 Å². The van der Waals surface area contributed by atoms with Gasteiger partial charge in [-0.3, -0.25) is 4.79 Å². The second-order valence-corrected chi connectivity index (χ2v) is 7.21. The molecule has 1 amide bonds. The van der Waals surface area contributed by atoms with Gasteiger partial charge in [0.2, 0.25) is 11.9 Å². The smallest absolute Gasteiger partial charge is 0.353 e. The van der Waals surface area contributed by atoms with E-state index in [0.29, 0.717) is 23.0 Å². The Morgan fingerprint density at radius 2 is 1.90 bits per heavy atom. The van der Waals surface area contributed by atoms with E-state index in [9.17, 15) is 9.59 Å². The molecule has 0 fully saturated rings. The number of rotatable bonds is 6. The Bertz CT molecular complexity index is 1250. The highest BCUT2D eigenvalue weighted by Crippen LogP contribution is 2.19. The Morgan fingerprint density at radius 3 is 2.60 bits per heavy atom.